The van der Waals surface area contributed by atoms with Crippen LogP contribution in [0.25, 0.3) is 10.8 Å². The van der Waals surface area contributed by atoms with Crippen LogP contribution in [0.4, 0.5) is 0 Å². The van der Waals surface area contributed by atoms with E-state index >= 15 is 0 Å². The van der Waals surface area contributed by atoms with Gasteiger partial charge in [-0.05, 0) is 60.0 Å². The van der Waals surface area contributed by atoms with Crippen LogP contribution in [-0.2, 0) is 0 Å². The molecule has 1 aromatic heterocycles. The minimum Gasteiger partial charge on any atom is -0.146 e. The average molecular weight is 366 g/mol. The van der Waals surface area contributed by atoms with E-state index in [2.05, 4.69) is 72.2 Å². The summed E-state index contributed by atoms with van der Waals surface area (Å²) in [5.74, 6) is 0. The van der Waals surface area contributed by atoms with Crippen molar-refractivity contribution in [2.75, 3.05) is 0 Å². The van der Waals surface area contributed by atoms with E-state index in [0.717, 1.165) is 10.0 Å². The Balaban J connectivity index is 2.05. The Morgan fingerprint density at radius 2 is 1.70 bits per heavy atom. The number of thiophene rings is 1. The Kier molecular flexibility index (Phi) is 3.89. The molecule has 0 N–H and O–H groups in total. The summed E-state index contributed by atoms with van der Waals surface area (Å²) in [4.78, 5) is 2.62. The fourth-order valence-electron chi connectivity index (χ4n) is 2.47. The molecule has 0 radical (unpaired) electrons. The Morgan fingerprint density at radius 3 is 2.40 bits per heavy atom. The fraction of sp³-hybridized carbons (Fsp3) is 0.176. The third-order valence-electron chi connectivity index (χ3n) is 3.47. The molecule has 0 nitrogen and oxygen atoms in total. The van der Waals surface area contributed by atoms with Gasteiger partial charge in [0.15, 0.2) is 0 Å². The monoisotopic (exact) mass is 364 g/mol. The number of alkyl halides is 1. The summed E-state index contributed by atoms with van der Waals surface area (Å²) < 4.78 is 1.10. The molecule has 1 heterocycles. The fourth-order valence-corrected chi connectivity index (χ4v) is 4.24. The maximum absolute atomic E-state index is 6.68. The van der Waals surface area contributed by atoms with Gasteiger partial charge in [-0.2, -0.15) is 0 Å². The van der Waals surface area contributed by atoms with E-state index in [1.807, 2.05) is 11.3 Å². The second-order valence-electron chi connectivity index (χ2n) is 4.98. The summed E-state index contributed by atoms with van der Waals surface area (Å²) in [6.07, 6.45) is 0. The lowest BCUT2D eigenvalue weighted by atomic mass is 10.0. The van der Waals surface area contributed by atoms with Crippen LogP contribution in [0.2, 0.25) is 0 Å². The number of hydrogen-bond acceptors (Lipinski definition) is 1. The minimum absolute atomic E-state index is 0.0759. The molecule has 2 aromatic carbocycles. The zero-order chi connectivity index (χ0) is 14.3. The molecule has 0 aliphatic carbocycles. The first-order valence-corrected chi connectivity index (χ1v) is 8.49. The first kappa shape index (κ1) is 14.1. The van der Waals surface area contributed by atoms with Gasteiger partial charge in [-0.1, -0.05) is 34.1 Å². The summed E-state index contributed by atoms with van der Waals surface area (Å²) in [5, 5.41) is 2.37. The average Bonchev–Trinajstić information content (AvgIpc) is 2.76. The van der Waals surface area contributed by atoms with E-state index in [-0.39, 0.29) is 5.38 Å². The van der Waals surface area contributed by atoms with Crippen molar-refractivity contribution in [3.05, 3.63) is 67.8 Å². The predicted octanol–water partition coefficient (Wildman–Crippen LogP) is 6.61. The highest BCUT2D eigenvalue weighted by molar-refractivity contribution is 9.10. The van der Waals surface area contributed by atoms with Gasteiger partial charge in [0, 0.05) is 14.2 Å². The van der Waals surface area contributed by atoms with E-state index < -0.39 is 0 Å². The standard InChI is InChI=1S/C17H14BrClS/c1-10-7-16(11(2)20-10)17(19)14-4-3-13-9-15(18)6-5-12(13)8-14/h3-9,17H,1-2H3. The Morgan fingerprint density at radius 1 is 1.00 bits per heavy atom. The van der Waals surface area contributed by atoms with Gasteiger partial charge in [0.25, 0.3) is 0 Å². The minimum atomic E-state index is -0.0759. The molecular formula is C17H14BrClS. The van der Waals surface area contributed by atoms with Crippen LogP contribution in [0.5, 0.6) is 0 Å². The SMILES string of the molecule is Cc1cc(C(Cl)c2ccc3cc(Br)ccc3c2)c(C)s1. The third-order valence-corrected chi connectivity index (χ3v) is 5.43. The highest BCUT2D eigenvalue weighted by Crippen LogP contribution is 2.36. The molecule has 0 saturated heterocycles. The number of hydrogen-bond donors (Lipinski definition) is 0. The van der Waals surface area contributed by atoms with Crippen LogP contribution in [0.15, 0.2) is 46.9 Å². The number of aryl methyl sites for hydroxylation is 2. The first-order chi connectivity index (χ1) is 9.54. The normalized spacial score (nSPS) is 12.8. The number of halogens is 2. The highest BCUT2D eigenvalue weighted by atomic mass is 79.9. The molecule has 0 aliphatic heterocycles. The van der Waals surface area contributed by atoms with Crippen molar-refractivity contribution in [2.45, 2.75) is 19.2 Å². The molecule has 0 aliphatic rings. The molecule has 0 amide bonds. The van der Waals surface area contributed by atoms with Gasteiger partial charge in [-0.25, -0.2) is 0 Å². The van der Waals surface area contributed by atoms with Gasteiger partial charge in [0.05, 0.1) is 5.38 Å². The molecule has 0 spiro atoms. The summed E-state index contributed by atoms with van der Waals surface area (Å²) in [6, 6.07) is 15.0. The van der Waals surface area contributed by atoms with Gasteiger partial charge >= 0.3 is 0 Å². The number of benzene rings is 2. The summed E-state index contributed by atoms with van der Waals surface area (Å²) in [5.41, 5.74) is 2.38. The molecule has 0 bridgehead atoms. The number of fused-ring (bicyclic) bond motifs is 1. The van der Waals surface area contributed by atoms with E-state index in [1.54, 1.807) is 0 Å². The quantitative estimate of drug-likeness (QED) is 0.448. The van der Waals surface area contributed by atoms with Gasteiger partial charge < -0.3 is 0 Å². The second-order valence-corrected chi connectivity index (χ2v) is 7.79. The molecule has 3 heteroatoms. The first-order valence-electron chi connectivity index (χ1n) is 6.45. The molecular weight excluding hydrogens is 352 g/mol. The van der Waals surface area contributed by atoms with Crippen LogP contribution < -0.4 is 0 Å². The Bertz CT molecular complexity index is 776. The third kappa shape index (κ3) is 2.65. The summed E-state index contributed by atoms with van der Waals surface area (Å²) >= 11 is 12.0. The zero-order valence-electron chi connectivity index (χ0n) is 11.3. The largest absolute Gasteiger partial charge is 0.146 e. The van der Waals surface area contributed by atoms with Crippen molar-refractivity contribution < 1.29 is 0 Å². The van der Waals surface area contributed by atoms with E-state index in [4.69, 9.17) is 11.6 Å². The van der Waals surface area contributed by atoms with Gasteiger partial charge in [0.1, 0.15) is 0 Å². The molecule has 1 atom stereocenters. The lowest BCUT2D eigenvalue weighted by Gasteiger charge is -2.11. The van der Waals surface area contributed by atoms with Crippen LogP contribution in [0.3, 0.4) is 0 Å². The van der Waals surface area contributed by atoms with E-state index in [9.17, 15) is 0 Å². The highest BCUT2D eigenvalue weighted by Gasteiger charge is 2.15. The van der Waals surface area contributed by atoms with Gasteiger partial charge in [-0.15, -0.1) is 22.9 Å². The van der Waals surface area contributed by atoms with Crippen LogP contribution >= 0.6 is 38.9 Å². The molecule has 102 valence electrons. The molecule has 0 saturated carbocycles. The van der Waals surface area contributed by atoms with E-state index in [0.29, 0.717) is 0 Å². The Labute approximate surface area is 136 Å². The van der Waals surface area contributed by atoms with Crippen molar-refractivity contribution in [1.29, 1.82) is 0 Å². The van der Waals surface area contributed by atoms with Crippen LogP contribution in [0, 0.1) is 13.8 Å². The lowest BCUT2D eigenvalue weighted by molar-refractivity contribution is 1.14. The van der Waals surface area contributed by atoms with Crippen LogP contribution in [0.1, 0.15) is 26.3 Å². The van der Waals surface area contributed by atoms with Crippen molar-refractivity contribution in [3.63, 3.8) is 0 Å². The maximum atomic E-state index is 6.68. The lowest BCUT2D eigenvalue weighted by Crippen LogP contribution is -1.93. The maximum Gasteiger partial charge on any atom is 0.0846 e. The molecule has 3 rings (SSSR count). The smallest absolute Gasteiger partial charge is 0.0846 e. The van der Waals surface area contributed by atoms with Crippen molar-refractivity contribution >= 4 is 49.6 Å². The Hall–Kier alpha value is -0.830. The van der Waals surface area contributed by atoms with Gasteiger partial charge in [0.2, 0.25) is 0 Å². The van der Waals surface area contributed by atoms with Crippen molar-refractivity contribution in [3.8, 4) is 0 Å². The number of rotatable bonds is 2. The summed E-state index contributed by atoms with van der Waals surface area (Å²) in [6.45, 7) is 4.27. The van der Waals surface area contributed by atoms with Crippen LogP contribution in [-0.4, -0.2) is 0 Å². The summed E-state index contributed by atoms with van der Waals surface area (Å²) in [7, 11) is 0. The predicted molar refractivity (Wildman–Crippen MR) is 93.1 cm³/mol. The van der Waals surface area contributed by atoms with Crippen molar-refractivity contribution in [1.82, 2.24) is 0 Å². The molecule has 0 fully saturated rings. The molecule has 20 heavy (non-hydrogen) atoms. The molecule has 3 aromatic rings. The molecule has 1 unspecified atom stereocenters. The zero-order valence-corrected chi connectivity index (χ0v) is 14.4. The topological polar surface area (TPSA) is 0 Å². The van der Waals surface area contributed by atoms with Crippen molar-refractivity contribution in [2.24, 2.45) is 0 Å². The van der Waals surface area contributed by atoms with Gasteiger partial charge in [-0.3, -0.25) is 0 Å². The second kappa shape index (κ2) is 5.51. The van der Waals surface area contributed by atoms with E-state index in [1.165, 1.54) is 26.1 Å².